The van der Waals surface area contributed by atoms with Crippen LogP contribution in [0.4, 0.5) is 10.5 Å². The third-order valence-corrected chi connectivity index (χ3v) is 4.94. The molecule has 1 aliphatic carbocycles. The van der Waals surface area contributed by atoms with Crippen LogP contribution in [0.25, 0.3) is 0 Å². The van der Waals surface area contributed by atoms with Gasteiger partial charge in [-0.25, -0.2) is 9.59 Å². The standard InChI is InChI=1S/C18H24N2O4S/c1-18(2,3)9-8-13-10-14(15(25-13)16(21)22)19-11-4-6-12(7-5-11)20-17(23)24/h10-12,19-20H,4-7H2,1-3H3,(H,21,22)(H,23,24). The van der Waals surface area contributed by atoms with Crippen molar-refractivity contribution in [2.24, 2.45) is 5.41 Å². The summed E-state index contributed by atoms with van der Waals surface area (Å²) in [6, 6.07) is 1.92. The molecule has 1 aliphatic rings. The van der Waals surface area contributed by atoms with Crippen LogP contribution in [0, 0.1) is 17.3 Å². The summed E-state index contributed by atoms with van der Waals surface area (Å²) in [5.74, 6) is 5.22. The zero-order valence-corrected chi connectivity index (χ0v) is 15.5. The highest BCUT2D eigenvalue weighted by molar-refractivity contribution is 7.15. The average molecular weight is 364 g/mol. The van der Waals surface area contributed by atoms with Gasteiger partial charge in [0.15, 0.2) is 0 Å². The Bertz CT molecular complexity index is 701. The molecule has 0 radical (unpaired) electrons. The molecule has 1 aromatic rings. The van der Waals surface area contributed by atoms with Crippen molar-refractivity contribution in [1.82, 2.24) is 5.32 Å². The number of amides is 1. The highest BCUT2D eigenvalue weighted by Gasteiger charge is 2.24. The number of hydrogen-bond acceptors (Lipinski definition) is 4. The fourth-order valence-electron chi connectivity index (χ4n) is 2.74. The predicted molar refractivity (Wildman–Crippen MR) is 98.4 cm³/mol. The summed E-state index contributed by atoms with van der Waals surface area (Å²) in [4.78, 5) is 23.2. The van der Waals surface area contributed by atoms with Crippen LogP contribution in [0.2, 0.25) is 0 Å². The molecule has 0 spiro atoms. The number of rotatable bonds is 4. The summed E-state index contributed by atoms with van der Waals surface area (Å²) in [5.41, 5.74) is 0.460. The molecule has 2 rings (SSSR count). The maximum atomic E-state index is 11.5. The molecule has 1 amide bonds. The molecule has 1 saturated carbocycles. The van der Waals surface area contributed by atoms with Crippen molar-refractivity contribution in [2.45, 2.75) is 58.5 Å². The molecule has 1 heterocycles. The second kappa shape index (κ2) is 7.79. The van der Waals surface area contributed by atoms with E-state index in [9.17, 15) is 14.7 Å². The van der Waals surface area contributed by atoms with Gasteiger partial charge in [-0.15, -0.1) is 11.3 Å². The Morgan fingerprint density at radius 1 is 1.16 bits per heavy atom. The minimum absolute atomic E-state index is 0.0230. The zero-order chi connectivity index (χ0) is 18.6. The van der Waals surface area contributed by atoms with E-state index in [1.807, 2.05) is 20.8 Å². The van der Waals surface area contributed by atoms with E-state index < -0.39 is 12.1 Å². The van der Waals surface area contributed by atoms with Gasteiger partial charge in [-0.3, -0.25) is 0 Å². The van der Waals surface area contributed by atoms with Gasteiger partial charge < -0.3 is 20.8 Å². The Hall–Kier alpha value is -2.20. The number of nitrogens with one attached hydrogen (secondary N) is 2. The van der Waals surface area contributed by atoms with Crippen LogP contribution in [0.5, 0.6) is 0 Å². The molecular formula is C18H24N2O4S. The molecular weight excluding hydrogens is 340 g/mol. The first-order valence-electron chi connectivity index (χ1n) is 8.30. The van der Waals surface area contributed by atoms with E-state index in [1.54, 1.807) is 6.07 Å². The third kappa shape index (κ3) is 5.98. The third-order valence-electron chi connectivity index (χ3n) is 3.90. The molecule has 136 valence electrons. The summed E-state index contributed by atoms with van der Waals surface area (Å²) in [5, 5.41) is 24.0. The SMILES string of the molecule is CC(C)(C)C#Cc1cc(NC2CCC(NC(=O)O)CC2)c(C(=O)O)s1. The molecule has 1 fully saturated rings. The summed E-state index contributed by atoms with van der Waals surface area (Å²) < 4.78 is 0. The van der Waals surface area contributed by atoms with Gasteiger partial charge >= 0.3 is 12.1 Å². The quantitative estimate of drug-likeness (QED) is 0.609. The molecule has 1 aromatic heterocycles. The lowest BCUT2D eigenvalue weighted by molar-refractivity contribution is 0.0703. The van der Waals surface area contributed by atoms with Gasteiger partial charge in [0, 0.05) is 17.5 Å². The van der Waals surface area contributed by atoms with E-state index in [-0.39, 0.29) is 22.4 Å². The number of carboxylic acid groups (broad SMARTS) is 2. The van der Waals surface area contributed by atoms with Gasteiger partial charge in [0.05, 0.1) is 10.6 Å². The van der Waals surface area contributed by atoms with Crippen LogP contribution in [0.1, 0.15) is 61.0 Å². The highest BCUT2D eigenvalue weighted by Crippen LogP contribution is 2.30. The Labute approximate surface area is 151 Å². The first-order valence-corrected chi connectivity index (χ1v) is 9.12. The molecule has 0 unspecified atom stereocenters. The van der Waals surface area contributed by atoms with Gasteiger partial charge in [-0.05, 0) is 52.5 Å². The minimum Gasteiger partial charge on any atom is -0.477 e. The maximum Gasteiger partial charge on any atom is 0.404 e. The molecule has 0 aromatic carbocycles. The number of aromatic carboxylic acids is 1. The van der Waals surface area contributed by atoms with Crippen molar-refractivity contribution in [3.05, 3.63) is 15.8 Å². The number of thiophene rings is 1. The van der Waals surface area contributed by atoms with Crippen LogP contribution >= 0.6 is 11.3 Å². The number of carbonyl (C=O) groups is 2. The number of anilines is 1. The molecule has 4 N–H and O–H groups in total. The molecule has 7 heteroatoms. The first kappa shape index (κ1) is 19.1. The van der Waals surface area contributed by atoms with Crippen LogP contribution < -0.4 is 10.6 Å². The van der Waals surface area contributed by atoms with Gasteiger partial charge in [-0.2, -0.15) is 0 Å². The van der Waals surface area contributed by atoms with Crippen molar-refractivity contribution < 1.29 is 19.8 Å². The fraction of sp³-hybridized carbons (Fsp3) is 0.556. The van der Waals surface area contributed by atoms with Crippen LogP contribution in [0.15, 0.2) is 6.07 Å². The fourth-order valence-corrected chi connectivity index (χ4v) is 3.56. The lowest BCUT2D eigenvalue weighted by atomic mass is 9.91. The summed E-state index contributed by atoms with van der Waals surface area (Å²) in [6.45, 7) is 6.03. The van der Waals surface area contributed by atoms with Crippen LogP contribution in [-0.2, 0) is 0 Å². The second-order valence-electron chi connectivity index (χ2n) is 7.30. The molecule has 0 saturated heterocycles. The van der Waals surface area contributed by atoms with Gasteiger partial charge in [-0.1, -0.05) is 11.8 Å². The highest BCUT2D eigenvalue weighted by atomic mass is 32.1. The van der Waals surface area contributed by atoms with Gasteiger partial charge in [0.2, 0.25) is 0 Å². The van der Waals surface area contributed by atoms with E-state index in [0.717, 1.165) is 30.6 Å². The minimum atomic E-state index is -0.996. The van der Waals surface area contributed by atoms with Crippen molar-refractivity contribution in [2.75, 3.05) is 5.32 Å². The first-order chi connectivity index (χ1) is 11.6. The van der Waals surface area contributed by atoms with Crippen LogP contribution in [0.3, 0.4) is 0 Å². The van der Waals surface area contributed by atoms with E-state index in [1.165, 1.54) is 11.3 Å². The Kier molecular flexibility index (Phi) is 5.96. The molecule has 6 nitrogen and oxygen atoms in total. The van der Waals surface area contributed by atoms with Crippen molar-refractivity contribution in [1.29, 1.82) is 0 Å². The Morgan fingerprint density at radius 3 is 2.28 bits per heavy atom. The second-order valence-corrected chi connectivity index (χ2v) is 8.35. The molecule has 0 aliphatic heterocycles. The Morgan fingerprint density at radius 2 is 1.76 bits per heavy atom. The smallest absolute Gasteiger partial charge is 0.404 e. The number of hydrogen-bond donors (Lipinski definition) is 4. The maximum absolute atomic E-state index is 11.5. The molecule has 0 atom stereocenters. The van der Waals surface area contributed by atoms with E-state index in [4.69, 9.17) is 5.11 Å². The lowest BCUT2D eigenvalue weighted by Crippen LogP contribution is -2.39. The monoisotopic (exact) mass is 364 g/mol. The summed E-state index contributed by atoms with van der Waals surface area (Å²) in [7, 11) is 0. The zero-order valence-electron chi connectivity index (χ0n) is 14.7. The summed E-state index contributed by atoms with van der Waals surface area (Å²) >= 11 is 1.18. The predicted octanol–water partition coefficient (Wildman–Crippen LogP) is 3.83. The van der Waals surface area contributed by atoms with E-state index in [0.29, 0.717) is 5.69 Å². The lowest BCUT2D eigenvalue weighted by Gasteiger charge is -2.29. The van der Waals surface area contributed by atoms with E-state index >= 15 is 0 Å². The van der Waals surface area contributed by atoms with E-state index in [2.05, 4.69) is 22.5 Å². The normalized spacial score (nSPS) is 20.3. The van der Waals surface area contributed by atoms with Crippen molar-refractivity contribution >= 4 is 29.1 Å². The molecule has 25 heavy (non-hydrogen) atoms. The topological polar surface area (TPSA) is 98.7 Å². The van der Waals surface area contributed by atoms with Crippen molar-refractivity contribution in [3.8, 4) is 11.8 Å². The number of carboxylic acids is 1. The average Bonchev–Trinajstić information content (AvgIpc) is 2.89. The largest absolute Gasteiger partial charge is 0.477 e. The Balaban J connectivity index is 2.06. The van der Waals surface area contributed by atoms with Crippen molar-refractivity contribution in [3.63, 3.8) is 0 Å². The molecule has 0 bridgehead atoms. The van der Waals surface area contributed by atoms with Gasteiger partial charge in [0.1, 0.15) is 4.88 Å². The van der Waals surface area contributed by atoms with Crippen LogP contribution in [-0.4, -0.2) is 34.4 Å². The summed E-state index contributed by atoms with van der Waals surface area (Å²) in [6.07, 6.45) is 2.08. The van der Waals surface area contributed by atoms with Gasteiger partial charge in [0.25, 0.3) is 0 Å².